The molecule has 2 N–H and O–H groups in total. The number of hydrogen-bond acceptors (Lipinski definition) is 6. The van der Waals surface area contributed by atoms with Gasteiger partial charge in [-0.3, -0.25) is 14.9 Å². The lowest BCUT2D eigenvalue weighted by atomic mass is 10.1. The van der Waals surface area contributed by atoms with Gasteiger partial charge in [-0.2, -0.15) is 0 Å². The first-order chi connectivity index (χ1) is 17.7. The fraction of sp³-hybridized carbons (Fsp3) is 0.115. The van der Waals surface area contributed by atoms with Crippen molar-refractivity contribution in [3.63, 3.8) is 0 Å². The van der Waals surface area contributed by atoms with Gasteiger partial charge in [0.2, 0.25) is 0 Å². The van der Waals surface area contributed by atoms with E-state index in [0.717, 1.165) is 10.5 Å². The number of rotatable bonds is 7. The van der Waals surface area contributed by atoms with E-state index in [4.69, 9.17) is 44.3 Å². The van der Waals surface area contributed by atoms with E-state index in [9.17, 15) is 19.5 Å². The highest BCUT2D eigenvalue weighted by molar-refractivity contribution is 6.42. The summed E-state index contributed by atoms with van der Waals surface area (Å²) < 4.78 is 11.6. The molecule has 1 aliphatic rings. The summed E-state index contributed by atoms with van der Waals surface area (Å²) in [5.74, 6) is -1.19. The molecule has 0 radical (unpaired) electrons. The van der Waals surface area contributed by atoms with Crippen LogP contribution in [0.15, 0.2) is 60.2 Å². The first-order valence-corrected chi connectivity index (χ1v) is 12.0. The third kappa shape index (κ3) is 5.83. The Bertz CT molecular complexity index is 1420. The van der Waals surface area contributed by atoms with Gasteiger partial charge in [-0.05, 0) is 72.7 Å². The Kier molecular flexibility index (Phi) is 7.92. The van der Waals surface area contributed by atoms with Crippen LogP contribution >= 0.6 is 34.8 Å². The van der Waals surface area contributed by atoms with Crippen molar-refractivity contribution in [2.24, 2.45) is 0 Å². The number of halogens is 3. The monoisotopic (exact) mass is 560 g/mol. The summed E-state index contributed by atoms with van der Waals surface area (Å²) in [6.07, 6.45) is 1.30. The molecule has 8 nitrogen and oxygen atoms in total. The topological polar surface area (TPSA) is 105 Å². The van der Waals surface area contributed by atoms with Gasteiger partial charge in [-0.15, -0.1) is 0 Å². The van der Waals surface area contributed by atoms with Crippen molar-refractivity contribution in [1.82, 2.24) is 5.32 Å². The highest BCUT2D eigenvalue weighted by Crippen LogP contribution is 2.38. The lowest BCUT2D eigenvalue weighted by Crippen LogP contribution is -2.54. The van der Waals surface area contributed by atoms with Crippen molar-refractivity contribution < 1.29 is 29.0 Å². The van der Waals surface area contributed by atoms with Crippen LogP contribution in [0.5, 0.6) is 17.2 Å². The highest BCUT2D eigenvalue weighted by atomic mass is 35.5. The molecule has 1 saturated heterocycles. The number of urea groups is 1. The molecule has 0 atom stereocenters. The highest BCUT2D eigenvalue weighted by Gasteiger charge is 2.36. The van der Waals surface area contributed by atoms with E-state index in [1.807, 2.05) is 0 Å². The molecule has 190 valence electrons. The third-order valence-corrected chi connectivity index (χ3v) is 6.24. The van der Waals surface area contributed by atoms with Gasteiger partial charge in [0, 0.05) is 0 Å². The Hall–Kier alpha value is -3.72. The molecule has 3 aromatic rings. The number of imide groups is 2. The lowest BCUT2D eigenvalue weighted by molar-refractivity contribution is -0.122. The van der Waals surface area contributed by atoms with Crippen LogP contribution in [-0.2, 0) is 16.2 Å². The zero-order valence-corrected chi connectivity index (χ0v) is 21.5. The van der Waals surface area contributed by atoms with E-state index in [1.54, 1.807) is 31.2 Å². The number of amides is 4. The number of hydrogen-bond donors (Lipinski definition) is 2. The standard InChI is InChI=1S/C26H19Cl3N2O6/c1-2-36-22-12-15(11-21(29)23(22)37-13-14-3-8-19(27)20(28)10-14)9-18-24(33)30-26(35)31(25(18)34)16-4-6-17(32)7-5-16/h3-12,32H,2,13H2,1H3,(H,30,33,35)/b18-9+. The Labute approximate surface area is 226 Å². The van der Waals surface area contributed by atoms with Crippen molar-refractivity contribution in [2.75, 3.05) is 11.5 Å². The molecule has 37 heavy (non-hydrogen) atoms. The smallest absolute Gasteiger partial charge is 0.335 e. The van der Waals surface area contributed by atoms with Gasteiger partial charge in [0.25, 0.3) is 11.8 Å². The van der Waals surface area contributed by atoms with E-state index < -0.39 is 17.8 Å². The molecule has 4 amide bonds. The van der Waals surface area contributed by atoms with Crippen molar-refractivity contribution in [2.45, 2.75) is 13.5 Å². The summed E-state index contributed by atoms with van der Waals surface area (Å²) in [5, 5.41) is 12.6. The van der Waals surface area contributed by atoms with Gasteiger partial charge in [0.05, 0.1) is 27.4 Å². The molecule has 0 spiro atoms. The zero-order chi connectivity index (χ0) is 26.7. The number of carbonyl (C=O) groups excluding carboxylic acids is 3. The molecule has 1 fully saturated rings. The molecule has 11 heteroatoms. The molecule has 1 heterocycles. The molecule has 0 saturated carbocycles. The maximum atomic E-state index is 13.1. The van der Waals surface area contributed by atoms with Gasteiger partial charge >= 0.3 is 6.03 Å². The van der Waals surface area contributed by atoms with Crippen molar-refractivity contribution in [3.05, 3.63) is 86.4 Å². The normalized spacial score (nSPS) is 14.6. The Morgan fingerprint density at radius 3 is 2.32 bits per heavy atom. The maximum Gasteiger partial charge on any atom is 0.335 e. The molecule has 1 aliphatic heterocycles. The molecule has 0 aromatic heterocycles. The number of aromatic hydroxyl groups is 1. The number of anilines is 1. The van der Waals surface area contributed by atoms with Crippen LogP contribution in [0.3, 0.4) is 0 Å². The van der Waals surface area contributed by atoms with Crippen LogP contribution in [0.2, 0.25) is 15.1 Å². The van der Waals surface area contributed by atoms with Gasteiger partial charge in [0.1, 0.15) is 17.9 Å². The predicted octanol–water partition coefficient (Wildman–Crippen LogP) is 6.00. The second kappa shape index (κ2) is 11.1. The fourth-order valence-corrected chi connectivity index (χ4v) is 4.11. The number of benzene rings is 3. The number of phenolic OH excluding ortho intramolecular Hbond substituents is 1. The van der Waals surface area contributed by atoms with E-state index in [0.29, 0.717) is 22.2 Å². The summed E-state index contributed by atoms with van der Waals surface area (Å²) in [6.45, 7) is 2.20. The molecule has 0 unspecified atom stereocenters. The first kappa shape index (κ1) is 26.3. The summed E-state index contributed by atoms with van der Waals surface area (Å²) in [5.41, 5.74) is 1.00. The van der Waals surface area contributed by atoms with Crippen molar-refractivity contribution in [1.29, 1.82) is 0 Å². The molecular weight excluding hydrogens is 543 g/mol. The van der Waals surface area contributed by atoms with Gasteiger partial charge in [0.15, 0.2) is 11.5 Å². The van der Waals surface area contributed by atoms with E-state index in [2.05, 4.69) is 5.32 Å². The van der Waals surface area contributed by atoms with Crippen LogP contribution in [0.25, 0.3) is 6.08 Å². The minimum Gasteiger partial charge on any atom is -0.508 e. The van der Waals surface area contributed by atoms with Crippen molar-refractivity contribution >= 4 is 64.4 Å². The second-order valence-corrected chi connectivity index (χ2v) is 9.00. The maximum absolute atomic E-state index is 13.1. The molecule has 0 bridgehead atoms. The minimum atomic E-state index is -0.906. The van der Waals surface area contributed by atoms with E-state index in [1.165, 1.54) is 36.4 Å². The van der Waals surface area contributed by atoms with Gasteiger partial charge < -0.3 is 14.6 Å². The molecule has 3 aromatic carbocycles. The van der Waals surface area contributed by atoms with E-state index in [-0.39, 0.29) is 40.1 Å². The Morgan fingerprint density at radius 2 is 1.65 bits per heavy atom. The second-order valence-electron chi connectivity index (χ2n) is 7.77. The summed E-state index contributed by atoms with van der Waals surface area (Å²) in [6, 6.07) is 12.6. The van der Waals surface area contributed by atoms with Crippen LogP contribution in [0.4, 0.5) is 10.5 Å². The molecule has 0 aliphatic carbocycles. The van der Waals surface area contributed by atoms with Crippen LogP contribution < -0.4 is 19.7 Å². The van der Waals surface area contributed by atoms with E-state index >= 15 is 0 Å². The minimum absolute atomic E-state index is 0.0416. The van der Waals surface area contributed by atoms with Crippen LogP contribution in [0.1, 0.15) is 18.1 Å². The first-order valence-electron chi connectivity index (χ1n) is 10.9. The zero-order valence-electron chi connectivity index (χ0n) is 19.3. The summed E-state index contributed by atoms with van der Waals surface area (Å²) >= 11 is 18.5. The fourth-order valence-electron chi connectivity index (χ4n) is 3.52. The lowest BCUT2D eigenvalue weighted by Gasteiger charge is -2.26. The van der Waals surface area contributed by atoms with Crippen LogP contribution in [0, 0.1) is 0 Å². The summed E-state index contributed by atoms with van der Waals surface area (Å²) in [4.78, 5) is 38.8. The summed E-state index contributed by atoms with van der Waals surface area (Å²) in [7, 11) is 0. The Morgan fingerprint density at radius 1 is 0.919 bits per heavy atom. The number of nitrogens with one attached hydrogen (secondary N) is 1. The average Bonchev–Trinajstić information content (AvgIpc) is 2.84. The third-order valence-electron chi connectivity index (χ3n) is 5.22. The number of nitrogens with zero attached hydrogens (tertiary/aromatic N) is 1. The van der Waals surface area contributed by atoms with Gasteiger partial charge in [-0.1, -0.05) is 40.9 Å². The number of phenols is 1. The van der Waals surface area contributed by atoms with Crippen LogP contribution in [-0.4, -0.2) is 29.6 Å². The predicted molar refractivity (Wildman–Crippen MR) is 141 cm³/mol. The largest absolute Gasteiger partial charge is 0.508 e. The molecular formula is C26H19Cl3N2O6. The number of carbonyl (C=O) groups is 3. The Balaban J connectivity index is 1.65. The molecule has 4 rings (SSSR count). The SMILES string of the molecule is CCOc1cc(/C=C2\C(=O)NC(=O)N(c3ccc(O)cc3)C2=O)cc(Cl)c1OCc1ccc(Cl)c(Cl)c1. The number of ether oxygens (including phenoxy) is 2. The quantitative estimate of drug-likeness (QED) is 0.271. The van der Waals surface area contributed by atoms with Crippen molar-refractivity contribution in [3.8, 4) is 17.2 Å². The van der Waals surface area contributed by atoms with Gasteiger partial charge in [-0.25, -0.2) is 9.69 Å². The average molecular weight is 562 g/mol. The number of barbiturate groups is 1.